The first kappa shape index (κ1) is 11.0. The summed E-state index contributed by atoms with van der Waals surface area (Å²) < 4.78 is 0. The van der Waals surface area contributed by atoms with E-state index in [9.17, 15) is 0 Å². The number of pyridine rings is 1. The van der Waals surface area contributed by atoms with Gasteiger partial charge in [-0.15, -0.1) is 0 Å². The zero-order valence-corrected chi connectivity index (χ0v) is 9.76. The molecule has 3 nitrogen and oxygen atoms in total. The summed E-state index contributed by atoms with van der Waals surface area (Å²) in [5, 5.41) is 4.10. The van der Waals surface area contributed by atoms with Crippen LogP contribution in [0.2, 0.25) is 10.0 Å². The van der Waals surface area contributed by atoms with Gasteiger partial charge in [-0.1, -0.05) is 35.3 Å². The molecule has 5 heteroatoms. The molecule has 2 aromatic rings. The molecule has 0 bridgehead atoms. The first-order chi connectivity index (χ1) is 7.66. The zero-order chi connectivity index (χ0) is 11.5. The molecule has 2 rings (SSSR count). The molecule has 1 aromatic carbocycles. The van der Waals surface area contributed by atoms with Crippen LogP contribution >= 0.6 is 23.2 Å². The van der Waals surface area contributed by atoms with Crippen LogP contribution in [0.25, 0.3) is 0 Å². The predicted octanol–water partition coefficient (Wildman–Crippen LogP) is 3.71. The average Bonchev–Trinajstić information content (AvgIpc) is 2.24. The number of anilines is 3. The van der Waals surface area contributed by atoms with E-state index in [2.05, 4.69) is 10.3 Å². The molecular formula is C11H9Cl2N3. The lowest BCUT2D eigenvalue weighted by molar-refractivity contribution is 1.32. The van der Waals surface area contributed by atoms with E-state index in [4.69, 9.17) is 28.9 Å². The van der Waals surface area contributed by atoms with Crippen molar-refractivity contribution in [2.75, 3.05) is 11.1 Å². The quantitative estimate of drug-likeness (QED) is 0.858. The van der Waals surface area contributed by atoms with Crippen LogP contribution in [0.3, 0.4) is 0 Å². The van der Waals surface area contributed by atoms with Crippen LogP contribution in [0.1, 0.15) is 0 Å². The molecule has 0 saturated heterocycles. The van der Waals surface area contributed by atoms with Crippen molar-refractivity contribution in [2.45, 2.75) is 0 Å². The lowest BCUT2D eigenvalue weighted by atomic mass is 10.3. The Labute approximate surface area is 103 Å². The van der Waals surface area contributed by atoms with Gasteiger partial charge in [-0.3, -0.25) is 0 Å². The number of hydrogen-bond acceptors (Lipinski definition) is 3. The molecule has 0 atom stereocenters. The largest absolute Gasteiger partial charge is 0.384 e. The molecule has 82 valence electrons. The Morgan fingerprint density at radius 1 is 1.00 bits per heavy atom. The number of nitrogen functional groups attached to an aromatic ring is 1. The number of benzene rings is 1. The molecule has 1 heterocycles. The maximum Gasteiger partial charge on any atom is 0.132 e. The van der Waals surface area contributed by atoms with Crippen LogP contribution in [-0.2, 0) is 0 Å². The van der Waals surface area contributed by atoms with E-state index in [1.165, 1.54) is 0 Å². The molecule has 16 heavy (non-hydrogen) atoms. The molecule has 0 radical (unpaired) electrons. The second kappa shape index (κ2) is 4.60. The first-order valence-corrected chi connectivity index (χ1v) is 5.36. The second-order valence-electron chi connectivity index (χ2n) is 3.17. The molecule has 1 aromatic heterocycles. The van der Waals surface area contributed by atoms with Crippen LogP contribution < -0.4 is 11.1 Å². The highest BCUT2D eigenvalue weighted by atomic mass is 35.5. The fourth-order valence-electron chi connectivity index (χ4n) is 1.27. The third-order valence-electron chi connectivity index (χ3n) is 1.99. The normalized spacial score (nSPS) is 10.1. The van der Waals surface area contributed by atoms with E-state index in [1.54, 1.807) is 36.4 Å². The van der Waals surface area contributed by atoms with E-state index in [0.717, 1.165) is 0 Å². The first-order valence-electron chi connectivity index (χ1n) is 4.60. The molecule has 0 aliphatic carbocycles. The van der Waals surface area contributed by atoms with Crippen molar-refractivity contribution in [3.63, 3.8) is 0 Å². The fourth-order valence-corrected chi connectivity index (χ4v) is 1.76. The van der Waals surface area contributed by atoms with Gasteiger partial charge in [0.1, 0.15) is 11.6 Å². The van der Waals surface area contributed by atoms with Crippen molar-refractivity contribution in [1.29, 1.82) is 0 Å². The van der Waals surface area contributed by atoms with Crippen molar-refractivity contribution in [3.8, 4) is 0 Å². The van der Waals surface area contributed by atoms with Gasteiger partial charge in [-0.25, -0.2) is 4.98 Å². The third-order valence-corrected chi connectivity index (χ3v) is 2.62. The topological polar surface area (TPSA) is 50.9 Å². The van der Waals surface area contributed by atoms with E-state index >= 15 is 0 Å². The maximum absolute atomic E-state index is 6.01. The molecule has 0 amide bonds. The van der Waals surface area contributed by atoms with E-state index in [1.807, 2.05) is 0 Å². The van der Waals surface area contributed by atoms with E-state index < -0.39 is 0 Å². The van der Waals surface area contributed by atoms with E-state index in [0.29, 0.717) is 27.4 Å². The summed E-state index contributed by atoms with van der Waals surface area (Å²) >= 11 is 12.0. The Morgan fingerprint density at radius 2 is 1.62 bits per heavy atom. The monoisotopic (exact) mass is 253 g/mol. The molecule has 3 N–H and O–H groups in total. The molecule has 0 unspecified atom stereocenters. The molecule has 0 fully saturated rings. The highest BCUT2D eigenvalue weighted by Crippen LogP contribution is 2.31. The predicted molar refractivity (Wildman–Crippen MR) is 68.4 cm³/mol. The molecular weight excluding hydrogens is 245 g/mol. The number of nitrogens with two attached hydrogens (primary N) is 1. The van der Waals surface area contributed by atoms with Crippen molar-refractivity contribution in [2.24, 2.45) is 0 Å². The number of hydrogen-bond donors (Lipinski definition) is 2. The van der Waals surface area contributed by atoms with Gasteiger partial charge < -0.3 is 11.1 Å². The van der Waals surface area contributed by atoms with Crippen molar-refractivity contribution >= 4 is 40.5 Å². The molecule has 0 saturated carbocycles. The van der Waals surface area contributed by atoms with Gasteiger partial charge in [0, 0.05) is 0 Å². The number of nitrogens with zero attached hydrogens (tertiary/aromatic N) is 1. The van der Waals surface area contributed by atoms with Crippen molar-refractivity contribution < 1.29 is 0 Å². The Bertz CT molecular complexity index is 494. The van der Waals surface area contributed by atoms with Gasteiger partial charge in [0.2, 0.25) is 0 Å². The minimum atomic E-state index is 0.438. The third kappa shape index (κ3) is 2.38. The van der Waals surface area contributed by atoms with Crippen LogP contribution in [-0.4, -0.2) is 4.98 Å². The minimum absolute atomic E-state index is 0.438. The summed E-state index contributed by atoms with van der Waals surface area (Å²) in [5.74, 6) is 1.04. The van der Waals surface area contributed by atoms with Crippen LogP contribution in [0, 0.1) is 0 Å². The Hall–Kier alpha value is -1.45. The summed E-state index contributed by atoms with van der Waals surface area (Å²) in [4.78, 5) is 4.10. The SMILES string of the molecule is Nc1cccc(Nc2c(Cl)cccc2Cl)n1. The van der Waals surface area contributed by atoms with E-state index in [-0.39, 0.29) is 0 Å². The van der Waals surface area contributed by atoms with Gasteiger partial charge in [-0.05, 0) is 24.3 Å². The Balaban J connectivity index is 2.34. The van der Waals surface area contributed by atoms with Crippen LogP contribution in [0.4, 0.5) is 17.3 Å². The Morgan fingerprint density at radius 3 is 2.25 bits per heavy atom. The standard InChI is InChI=1S/C11H9Cl2N3/c12-7-3-1-4-8(13)11(7)16-10-6-2-5-9(14)15-10/h1-6H,(H3,14,15,16). The van der Waals surface area contributed by atoms with Crippen LogP contribution in [0.15, 0.2) is 36.4 Å². The summed E-state index contributed by atoms with van der Waals surface area (Å²) in [6.45, 7) is 0. The number of aromatic nitrogens is 1. The fraction of sp³-hybridized carbons (Fsp3) is 0. The molecule has 0 spiro atoms. The highest BCUT2D eigenvalue weighted by Gasteiger charge is 2.05. The van der Waals surface area contributed by atoms with Crippen molar-refractivity contribution in [1.82, 2.24) is 4.98 Å². The maximum atomic E-state index is 6.01. The van der Waals surface area contributed by atoms with Gasteiger partial charge >= 0.3 is 0 Å². The van der Waals surface area contributed by atoms with Crippen LogP contribution in [0.5, 0.6) is 0 Å². The van der Waals surface area contributed by atoms with Gasteiger partial charge in [-0.2, -0.15) is 0 Å². The average molecular weight is 254 g/mol. The van der Waals surface area contributed by atoms with Gasteiger partial charge in [0.15, 0.2) is 0 Å². The Kier molecular flexibility index (Phi) is 3.17. The smallest absolute Gasteiger partial charge is 0.132 e. The summed E-state index contributed by atoms with van der Waals surface area (Å²) in [5.41, 5.74) is 6.20. The lowest BCUT2D eigenvalue weighted by Gasteiger charge is -2.09. The minimum Gasteiger partial charge on any atom is -0.384 e. The number of para-hydroxylation sites is 1. The number of halogens is 2. The van der Waals surface area contributed by atoms with Crippen molar-refractivity contribution in [3.05, 3.63) is 46.4 Å². The number of rotatable bonds is 2. The lowest BCUT2D eigenvalue weighted by Crippen LogP contribution is -1.97. The summed E-state index contributed by atoms with van der Waals surface area (Å²) in [7, 11) is 0. The second-order valence-corrected chi connectivity index (χ2v) is 3.98. The highest BCUT2D eigenvalue weighted by molar-refractivity contribution is 6.39. The van der Waals surface area contributed by atoms with Gasteiger partial charge in [0.05, 0.1) is 15.7 Å². The number of nitrogens with one attached hydrogen (secondary N) is 1. The zero-order valence-electron chi connectivity index (χ0n) is 8.24. The summed E-state index contributed by atoms with van der Waals surface area (Å²) in [6.07, 6.45) is 0. The molecule has 0 aliphatic rings. The van der Waals surface area contributed by atoms with Gasteiger partial charge in [0.25, 0.3) is 0 Å². The molecule has 0 aliphatic heterocycles. The summed E-state index contributed by atoms with van der Waals surface area (Å²) in [6, 6.07) is 10.6.